The Morgan fingerprint density at radius 1 is 0.460 bits per heavy atom. The number of pyridine rings is 4. The molecule has 0 bridgehead atoms. The molecule has 35 heteroatoms. The summed E-state index contributed by atoms with van der Waals surface area (Å²) in [4.78, 5) is 116. The van der Waals surface area contributed by atoms with E-state index in [9.17, 15) is 19.2 Å². The Hall–Kier alpha value is -15.1. The molecule has 13 heterocycles. The van der Waals surface area contributed by atoms with Crippen molar-refractivity contribution in [2.24, 2.45) is 57.6 Å². The summed E-state index contributed by atoms with van der Waals surface area (Å²) >= 11 is 0. The van der Waals surface area contributed by atoms with Gasteiger partial charge in [0.15, 0.2) is 45.9 Å². The van der Waals surface area contributed by atoms with Crippen molar-refractivity contribution in [3.63, 3.8) is 0 Å². The van der Waals surface area contributed by atoms with Crippen molar-refractivity contribution in [3.05, 3.63) is 311 Å². The molecule has 0 unspecified atom stereocenters. The molecule has 2 aliphatic carbocycles. The van der Waals surface area contributed by atoms with E-state index in [-0.39, 0.29) is 97.0 Å². The number of terminal acetylenes is 1. The van der Waals surface area contributed by atoms with Crippen LogP contribution >= 0.6 is 37.2 Å². The molecule has 2 aliphatic rings. The SMILES string of the molecule is C.C#CC1CC1.CC(C)c1ncccc1-c1ncc2c(n1)n(Cc1ccc(-c3nc(C4CC4)cn3C)cc1)c(=O)n2C.CC(C)c1ncccc1-c1ncc2c(n1)n(Cc1ccc(C#N)cc1)c(=O)n2C.CCOC(=N)c1ccc(Cn2c(=O)n(C)c3cnc(-c4cccnc4C(C)C)nc32)cc1.CN.CN=C(N)c1ccc(Cn2c(=O)n(C)c3cnc(-c4cccnc4C(C)C)nc32)cc1.Cl.Cl.Cl. The summed E-state index contributed by atoms with van der Waals surface area (Å²) in [5.41, 5.74) is 30.3. The number of nitriles is 1. The number of nitrogens with zero attached hydrogens (tertiary/aromatic N) is 24. The van der Waals surface area contributed by atoms with Gasteiger partial charge in [0.05, 0.1) is 97.7 Å². The number of rotatable bonds is 21. The maximum atomic E-state index is 13.2. The Morgan fingerprint density at radius 2 is 0.763 bits per heavy atom. The molecule has 5 N–H and O–H groups in total. The molecule has 0 atom stereocenters. The van der Waals surface area contributed by atoms with E-state index in [0.29, 0.717) is 130 Å². The molecular weight excluding hydrogens is 1810 g/mol. The van der Waals surface area contributed by atoms with E-state index >= 15 is 0 Å². The number of aromatic nitrogens is 22. The van der Waals surface area contributed by atoms with Gasteiger partial charge < -0.3 is 20.8 Å². The number of amidine groups is 1. The summed E-state index contributed by atoms with van der Waals surface area (Å²) in [6, 6.07) is 48.1. The van der Waals surface area contributed by atoms with Crippen molar-refractivity contribution in [1.29, 1.82) is 10.7 Å². The summed E-state index contributed by atoms with van der Waals surface area (Å²) in [6.07, 6.45) is 26.1. The topological polar surface area (TPSA) is 401 Å². The van der Waals surface area contributed by atoms with Crippen LogP contribution in [0.3, 0.4) is 0 Å². The fourth-order valence-corrected chi connectivity index (χ4v) is 15.7. The van der Waals surface area contributed by atoms with Crippen LogP contribution in [0.2, 0.25) is 0 Å². The molecule has 17 aromatic rings. The standard InChI is InChI=1S/C28H29N7O.C24H26N6O2.C23H25N7O.C22H20N6O.C5H6.CH5N.CH4.3ClH/c1-17(2)24-21(6-5-13-29-24)25-30-14-23-27(32-25)35(28(36)34(23)4)15-18-7-9-20(10-8-18)26-31-22(16-33(26)3)19-11-12-19;1-5-32-21(25)17-10-8-16(9-11-17)14-30-23-19(29(4)24(30)31)13-27-22(28-23)18-7-6-12-26-20(18)15(2)3;1-14(2)19-17(6-5-11-26-19)21-27-12-18-22(28-21)30(23(31)29(18)4)13-15-7-9-16(10-8-15)20(24)25-3;1-14(2)19-17(5-4-10-24-19)20-25-12-18-21(26-20)28(22(29)27(18)3)13-16-8-6-15(11-23)7-9-16;1-2-5-3-4-5;1-2;;;;/h5-10,13-14,16-17,19H,11-12,15H2,1-4H3;6-13,15,25H,5,14H2,1-4H3;5-12,14H,13H2,1-4H3,(H2,24,25);4-10,12,14H,13H2,1-3H3;1,5H,3-4H2;2H2,1H3;1H4;3*1H. The highest BCUT2D eigenvalue weighted by molar-refractivity contribution is 5.97. The molecule has 2 saturated carbocycles. The zero-order valence-corrected chi connectivity index (χ0v) is 82.6. The van der Waals surface area contributed by atoms with Gasteiger partial charge in [-0.3, -0.25) is 66.9 Å². The monoisotopic (exact) mass is 1930 g/mol. The van der Waals surface area contributed by atoms with Crippen LogP contribution in [-0.2, 0) is 66.2 Å². The highest BCUT2D eigenvalue weighted by Gasteiger charge is 2.29. The van der Waals surface area contributed by atoms with Crippen LogP contribution in [0.1, 0.15) is 192 Å². The van der Waals surface area contributed by atoms with E-state index in [1.165, 1.54) is 38.4 Å². The first kappa shape index (κ1) is 106. The molecule has 13 aromatic heterocycles. The number of ether oxygens (including phenoxy) is 1. The molecule has 0 radical (unpaired) electrons. The van der Waals surface area contributed by atoms with Crippen molar-refractivity contribution in [1.82, 2.24) is 106 Å². The Balaban J connectivity index is 0.000000185. The summed E-state index contributed by atoms with van der Waals surface area (Å²) in [6.45, 7) is 20.5. The van der Waals surface area contributed by atoms with Gasteiger partial charge in [-0.05, 0) is 158 Å². The fraction of sp³-hybridized carbons (Fsp3) is 0.308. The number of hydrogen-bond donors (Lipinski definition) is 3. The maximum absolute atomic E-state index is 13.2. The van der Waals surface area contributed by atoms with E-state index in [1.807, 2.05) is 123 Å². The van der Waals surface area contributed by atoms with Crippen LogP contribution in [-0.4, -0.2) is 138 Å². The normalized spacial score (nSPS) is 12.0. The van der Waals surface area contributed by atoms with Crippen LogP contribution in [0.4, 0.5) is 0 Å². The van der Waals surface area contributed by atoms with Crippen LogP contribution in [0.15, 0.2) is 226 Å². The minimum Gasteiger partial charge on any atom is -0.478 e. The summed E-state index contributed by atoms with van der Waals surface area (Å²) < 4.78 is 20.3. The first-order chi connectivity index (χ1) is 65.1. The van der Waals surface area contributed by atoms with Gasteiger partial charge >= 0.3 is 22.8 Å². The zero-order chi connectivity index (χ0) is 96.2. The second-order valence-corrected chi connectivity index (χ2v) is 34.3. The van der Waals surface area contributed by atoms with Crippen molar-refractivity contribution in [2.75, 3.05) is 20.7 Å². The molecule has 19 rings (SSSR count). The Morgan fingerprint density at radius 3 is 1.03 bits per heavy atom. The van der Waals surface area contributed by atoms with Crippen LogP contribution in [0.25, 0.3) is 102 Å². The average Bonchev–Trinajstić information content (AvgIpc) is 1.61. The first-order valence-corrected chi connectivity index (χ1v) is 44.9. The predicted molar refractivity (Wildman–Crippen MR) is 557 cm³/mol. The first-order valence-electron chi connectivity index (χ1n) is 44.9. The Kier molecular flexibility index (Phi) is 35.9. The minimum absolute atomic E-state index is 0. The fourth-order valence-electron chi connectivity index (χ4n) is 15.7. The summed E-state index contributed by atoms with van der Waals surface area (Å²) in [5, 5.41) is 16.9. The van der Waals surface area contributed by atoms with Crippen LogP contribution in [0, 0.1) is 35.0 Å². The van der Waals surface area contributed by atoms with E-state index in [4.69, 9.17) is 52.5 Å². The van der Waals surface area contributed by atoms with E-state index < -0.39 is 0 Å². The molecule has 720 valence electrons. The lowest BCUT2D eigenvalue weighted by Crippen LogP contribution is -2.23. The maximum Gasteiger partial charge on any atom is 0.330 e. The second-order valence-electron chi connectivity index (χ2n) is 34.3. The molecule has 0 saturated heterocycles. The van der Waals surface area contributed by atoms with E-state index in [1.54, 1.807) is 133 Å². The van der Waals surface area contributed by atoms with Gasteiger partial charge in [-0.15, -0.1) is 49.6 Å². The number of nitrogens with two attached hydrogens (primary N) is 2. The van der Waals surface area contributed by atoms with Crippen LogP contribution < -0.4 is 34.2 Å². The summed E-state index contributed by atoms with van der Waals surface area (Å²) in [7, 11) is 12.1. The molecule has 32 nitrogen and oxygen atoms in total. The molecule has 4 aromatic carbocycles. The van der Waals surface area contributed by atoms with Crippen molar-refractivity contribution < 1.29 is 4.74 Å². The van der Waals surface area contributed by atoms with Gasteiger partial charge in [0.2, 0.25) is 5.90 Å². The van der Waals surface area contributed by atoms with Gasteiger partial charge in [-0.2, -0.15) is 5.26 Å². The number of benzene rings is 4. The van der Waals surface area contributed by atoms with Gasteiger partial charge in [0.1, 0.15) is 33.7 Å². The molecule has 0 aliphatic heterocycles. The number of imidazole rings is 5. The third-order valence-electron chi connectivity index (χ3n) is 23.4. The Bertz CT molecular complexity index is 7570. The van der Waals surface area contributed by atoms with Crippen molar-refractivity contribution >= 4 is 93.6 Å². The smallest absolute Gasteiger partial charge is 0.330 e. The van der Waals surface area contributed by atoms with E-state index in [0.717, 1.165) is 84.2 Å². The lowest BCUT2D eigenvalue weighted by molar-refractivity contribution is 0.325. The van der Waals surface area contributed by atoms with Gasteiger partial charge in [0, 0.05) is 124 Å². The van der Waals surface area contributed by atoms with E-state index in [2.05, 4.69) is 153 Å². The van der Waals surface area contributed by atoms with Crippen molar-refractivity contribution in [2.45, 2.75) is 151 Å². The minimum atomic E-state index is -0.161. The van der Waals surface area contributed by atoms with Gasteiger partial charge in [-0.25, -0.2) is 64.0 Å². The third-order valence-corrected chi connectivity index (χ3v) is 23.4. The molecule has 2 fully saturated rings. The number of fused-ring (bicyclic) bond motifs is 4. The molecule has 139 heavy (non-hydrogen) atoms. The zero-order valence-electron chi connectivity index (χ0n) is 80.1. The molecule has 0 amide bonds. The predicted octanol–water partition coefficient (Wildman–Crippen LogP) is 16.8. The largest absolute Gasteiger partial charge is 0.478 e. The Labute approximate surface area is 825 Å². The summed E-state index contributed by atoms with van der Waals surface area (Å²) in [5.74, 6) is 8.65. The quantitative estimate of drug-likeness (QED) is 0.0342. The highest BCUT2D eigenvalue weighted by Crippen LogP contribution is 2.41. The van der Waals surface area contributed by atoms with Gasteiger partial charge in [0.25, 0.3) is 0 Å². The lowest BCUT2D eigenvalue weighted by atomic mass is 10.0. The number of aryl methyl sites for hydroxylation is 5. The number of halogens is 3. The lowest BCUT2D eigenvalue weighted by Gasteiger charge is -2.10. The van der Waals surface area contributed by atoms with Gasteiger partial charge in [-0.1, -0.05) is 136 Å². The average molecular weight is 1930 g/mol. The van der Waals surface area contributed by atoms with Crippen molar-refractivity contribution in [3.8, 4) is 75.4 Å². The third kappa shape index (κ3) is 23.6. The molecular formula is C104H118Cl3N27O5. The molecule has 0 spiro atoms. The second kappa shape index (κ2) is 47.1. The number of hydrogen-bond acceptors (Lipinski definition) is 22. The van der Waals surface area contributed by atoms with Crippen LogP contribution in [0.5, 0.6) is 0 Å². The number of nitrogens with one attached hydrogen (secondary N) is 1. The highest BCUT2D eigenvalue weighted by atomic mass is 35.5. The number of aliphatic imine (C=N–C) groups is 1.